The van der Waals surface area contributed by atoms with E-state index in [4.69, 9.17) is 0 Å². The molecule has 0 aromatic heterocycles. The maximum atomic E-state index is 12.1. The molecule has 0 radical (unpaired) electrons. The minimum Gasteiger partial charge on any atom is -0.465 e. The highest BCUT2D eigenvalue weighted by molar-refractivity contribution is 5.96. The van der Waals surface area contributed by atoms with Crippen molar-refractivity contribution in [1.82, 2.24) is 5.32 Å². The number of rotatable bonds is 7. The Morgan fingerprint density at radius 3 is 2.16 bits per heavy atom. The fraction of sp³-hybridized carbons (Fsp3) is 0.222. The summed E-state index contributed by atoms with van der Waals surface area (Å²) >= 11 is 0. The van der Waals surface area contributed by atoms with E-state index in [1.807, 2.05) is 0 Å². The summed E-state index contributed by atoms with van der Waals surface area (Å²) < 4.78 is 33.0. The Hall–Kier alpha value is -2.96. The third-order valence-corrected chi connectivity index (χ3v) is 3.42. The highest BCUT2D eigenvalue weighted by Crippen LogP contribution is 2.15. The molecule has 2 rings (SSSR count). The molecule has 7 heteroatoms. The summed E-state index contributed by atoms with van der Waals surface area (Å²) in [5.74, 6) is -0.645. The lowest BCUT2D eigenvalue weighted by molar-refractivity contribution is -0.0498. The summed E-state index contributed by atoms with van der Waals surface area (Å²) in [5.41, 5.74) is 1.67. The number of nitrogens with one attached hydrogen (secondary N) is 1. The maximum Gasteiger partial charge on any atom is 0.387 e. The van der Waals surface area contributed by atoms with Crippen molar-refractivity contribution < 1.29 is 27.8 Å². The average Bonchev–Trinajstić information content (AvgIpc) is 2.62. The van der Waals surface area contributed by atoms with Gasteiger partial charge in [0.05, 0.1) is 12.7 Å². The van der Waals surface area contributed by atoms with Gasteiger partial charge in [-0.3, -0.25) is 4.79 Å². The van der Waals surface area contributed by atoms with Crippen molar-refractivity contribution in [2.75, 3.05) is 13.7 Å². The van der Waals surface area contributed by atoms with Crippen LogP contribution in [-0.2, 0) is 11.2 Å². The van der Waals surface area contributed by atoms with Gasteiger partial charge in [-0.05, 0) is 48.4 Å². The van der Waals surface area contributed by atoms with Crippen molar-refractivity contribution in [3.05, 3.63) is 65.2 Å². The van der Waals surface area contributed by atoms with Crippen LogP contribution in [0.15, 0.2) is 48.5 Å². The molecule has 0 unspecified atom stereocenters. The monoisotopic (exact) mass is 349 g/mol. The van der Waals surface area contributed by atoms with E-state index in [1.54, 1.807) is 12.1 Å². The number of ether oxygens (including phenoxy) is 2. The van der Waals surface area contributed by atoms with Gasteiger partial charge in [-0.2, -0.15) is 8.78 Å². The van der Waals surface area contributed by atoms with Crippen LogP contribution in [0.4, 0.5) is 8.78 Å². The molecule has 132 valence electrons. The first-order valence-electron chi connectivity index (χ1n) is 7.50. The van der Waals surface area contributed by atoms with Gasteiger partial charge in [0.15, 0.2) is 0 Å². The molecule has 0 aliphatic rings. The number of benzene rings is 2. The van der Waals surface area contributed by atoms with Gasteiger partial charge >= 0.3 is 12.6 Å². The van der Waals surface area contributed by atoms with Gasteiger partial charge in [0, 0.05) is 12.1 Å². The molecule has 0 spiro atoms. The van der Waals surface area contributed by atoms with Crippen molar-refractivity contribution in [2.45, 2.75) is 13.0 Å². The summed E-state index contributed by atoms with van der Waals surface area (Å²) in [7, 11) is 1.29. The number of halogens is 2. The van der Waals surface area contributed by atoms with E-state index in [1.165, 1.54) is 43.5 Å². The zero-order chi connectivity index (χ0) is 18.2. The zero-order valence-corrected chi connectivity index (χ0v) is 13.5. The maximum absolute atomic E-state index is 12.1. The molecule has 0 bridgehead atoms. The number of carbonyl (C=O) groups excluding carboxylic acids is 2. The van der Waals surface area contributed by atoms with Gasteiger partial charge in [-0.15, -0.1) is 0 Å². The number of carbonyl (C=O) groups is 2. The lowest BCUT2D eigenvalue weighted by atomic mass is 10.1. The second kappa shape index (κ2) is 8.77. The van der Waals surface area contributed by atoms with E-state index >= 15 is 0 Å². The van der Waals surface area contributed by atoms with Crippen molar-refractivity contribution in [2.24, 2.45) is 0 Å². The summed E-state index contributed by atoms with van der Waals surface area (Å²) in [5, 5.41) is 2.75. The van der Waals surface area contributed by atoms with Crippen LogP contribution in [0.25, 0.3) is 0 Å². The van der Waals surface area contributed by atoms with Crippen LogP contribution in [0, 0.1) is 0 Å². The van der Waals surface area contributed by atoms with Crippen LogP contribution < -0.4 is 10.1 Å². The Morgan fingerprint density at radius 2 is 1.60 bits per heavy atom. The third kappa shape index (κ3) is 5.56. The second-order valence-electron chi connectivity index (χ2n) is 5.10. The largest absolute Gasteiger partial charge is 0.465 e. The standard InChI is InChI=1S/C18H17F2NO4/c1-24-17(23)14-6-4-13(5-7-14)16(22)21-11-10-12-2-8-15(9-3-12)25-18(19)20/h2-9,18H,10-11H2,1H3,(H,21,22). The second-order valence-corrected chi connectivity index (χ2v) is 5.10. The molecule has 0 saturated heterocycles. The number of alkyl halides is 2. The molecule has 0 fully saturated rings. The van der Waals surface area contributed by atoms with E-state index in [0.717, 1.165) is 5.56 Å². The van der Waals surface area contributed by atoms with Crippen molar-refractivity contribution in [1.29, 1.82) is 0 Å². The Bertz CT molecular complexity index is 715. The Balaban J connectivity index is 1.82. The number of esters is 1. The highest BCUT2D eigenvalue weighted by atomic mass is 19.3. The molecule has 2 aromatic carbocycles. The molecule has 1 amide bonds. The minimum atomic E-state index is -2.85. The molecule has 0 aliphatic heterocycles. The summed E-state index contributed by atoms with van der Waals surface area (Å²) in [4.78, 5) is 23.4. The van der Waals surface area contributed by atoms with Crippen LogP contribution in [0.1, 0.15) is 26.3 Å². The number of methoxy groups -OCH3 is 1. The first kappa shape index (κ1) is 18.4. The van der Waals surface area contributed by atoms with Gasteiger partial charge in [0.2, 0.25) is 0 Å². The number of amides is 1. The zero-order valence-electron chi connectivity index (χ0n) is 13.5. The quantitative estimate of drug-likeness (QED) is 0.781. The van der Waals surface area contributed by atoms with Gasteiger partial charge in [0.1, 0.15) is 5.75 Å². The molecule has 0 saturated carbocycles. The normalized spacial score (nSPS) is 10.4. The fourth-order valence-electron chi connectivity index (χ4n) is 2.14. The van der Waals surface area contributed by atoms with Crippen LogP contribution in [0.5, 0.6) is 5.75 Å². The molecule has 1 N–H and O–H groups in total. The van der Waals surface area contributed by atoms with E-state index in [0.29, 0.717) is 24.1 Å². The van der Waals surface area contributed by atoms with Crippen molar-refractivity contribution in [3.63, 3.8) is 0 Å². The highest BCUT2D eigenvalue weighted by Gasteiger charge is 2.09. The van der Waals surface area contributed by atoms with E-state index in [2.05, 4.69) is 14.8 Å². The topological polar surface area (TPSA) is 64.6 Å². The molecule has 0 atom stereocenters. The average molecular weight is 349 g/mol. The first-order chi connectivity index (χ1) is 12.0. The van der Waals surface area contributed by atoms with Gasteiger partial charge in [-0.1, -0.05) is 12.1 Å². The predicted octanol–water partition coefficient (Wildman–Crippen LogP) is 3.05. The Kier molecular flexibility index (Phi) is 6.45. The summed E-state index contributed by atoms with van der Waals surface area (Å²) in [6.07, 6.45) is 0.543. The molecular weight excluding hydrogens is 332 g/mol. The number of hydrogen-bond acceptors (Lipinski definition) is 4. The van der Waals surface area contributed by atoms with E-state index in [-0.39, 0.29) is 11.7 Å². The molecule has 5 nitrogen and oxygen atoms in total. The smallest absolute Gasteiger partial charge is 0.387 e. The van der Waals surface area contributed by atoms with Crippen LogP contribution in [0.3, 0.4) is 0 Å². The SMILES string of the molecule is COC(=O)c1ccc(C(=O)NCCc2ccc(OC(F)F)cc2)cc1. The van der Waals surface area contributed by atoms with Gasteiger partial charge in [-0.25, -0.2) is 4.79 Å². The Morgan fingerprint density at radius 1 is 1.00 bits per heavy atom. The molecule has 0 aliphatic carbocycles. The summed E-state index contributed by atoms with van der Waals surface area (Å²) in [6, 6.07) is 12.3. The van der Waals surface area contributed by atoms with Crippen LogP contribution in [0.2, 0.25) is 0 Å². The van der Waals surface area contributed by atoms with Crippen molar-refractivity contribution >= 4 is 11.9 Å². The minimum absolute atomic E-state index is 0.0912. The van der Waals surface area contributed by atoms with Crippen LogP contribution in [-0.4, -0.2) is 32.1 Å². The van der Waals surface area contributed by atoms with Gasteiger partial charge < -0.3 is 14.8 Å². The van der Waals surface area contributed by atoms with Crippen LogP contribution >= 0.6 is 0 Å². The molecule has 25 heavy (non-hydrogen) atoms. The Labute approximate surface area is 143 Å². The lowest BCUT2D eigenvalue weighted by Gasteiger charge is -2.08. The van der Waals surface area contributed by atoms with E-state index < -0.39 is 12.6 Å². The summed E-state index contributed by atoms with van der Waals surface area (Å²) in [6.45, 7) is -2.47. The molecule has 0 heterocycles. The molecule has 2 aromatic rings. The lowest BCUT2D eigenvalue weighted by Crippen LogP contribution is -2.25. The van der Waals surface area contributed by atoms with Gasteiger partial charge in [0.25, 0.3) is 5.91 Å². The third-order valence-electron chi connectivity index (χ3n) is 3.42. The first-order valence-corrected chi connectivity index (χ1v) is 7.50. The fourth-order valence-corrected chi connectivity index (χ4v) is 2.14. The number of hydrogen-bond donors (Lipinski definition) is 1. The van der Waals surface area contributed by atoms with E-state index in [9.17, 15) is 18.4 Å². The van der Waals surface area contributed by atoms with Crippen molar-refractivity contribution in [3.8, 4) is 5.75 Å². The predicted molar refractivity (Wildman–Crippen MR) is 86.9 cm³/mol. The molecular formula is C18H17F2NO4.